The van der Waals surface area contributed by atoms with Crippen LogP contribution < -0.4 is 5.32 Å². The number of amides is 1. The minimum atomic E-state index is 0.133. The molecule has 3 nitrogen and oxygen atoms in total. The van der Waals surface area contributed by atoms with Crippen molar-refractivity contribution in [3.05, 3.63) is 66.0 Å². The van der Waals surface area contributed by atoms with Gasteiger partial charge in [-0.05, 0) is 36.5 Å². The van der Waals surface area contributed by atoms with Gasteiger partial charge in [0.25, 0.3) is 0 Å². The monoisotopic (exact) mass is 280 g/mol. The van der Waals surface area contributed by atoms with Gasteiger partial charge in [-0.2, -0.15) is 0 Å². The maximum Gasteiger partial charge on any atom is 0.220 e. The van der Waals surface area contributed by atoms with E-state index < -0.39 is 0 Å². The summed E-state index contributed by atoms with van der Waals surface area (Å²) in [7, 11) is 0. The van der Waals surface area contributed by atoms with Crippen LogP contribution in [0.5, 0.6) is 0 Å². The standard InChI is InChI=1S/C18H20N2O/c21-17(9-8-15-5-2-1-3-6-15)20-14-18(10-11-18)16-7-4-12-19-13-16/h1-7,12-13H,8-11,14H2,(H,20,21). The molecule has 1 amide bonds. The van der Waals surface area contributed by atoms with Crippen LogP contribution in [0.3, 0.4) is 0 Å². The number of aryl methyl sites for hydroxylation is 1. The molecular weight excluding hydrogens is 260 g/mol. The summed E-state index contributed by atoms with van der Waals surface area (Å²) in [5.74, 6) is 0.133. The van der Waals surface area contributed by atoms with Crippen LogP contribution in [-0.4, -0.2) is 17.4 Å². The average molecular weight is 280 g/mol. The molecule has 0 aliphatic heterocycles. The van der Waals surface area contributed by atoms with Gasteiger partial charge in [-0.15, -0.1) is 0 Å². The first-order valence-corrected chi connectivity index (χ1v) is 7.50. The zero-order valence-corrected chi connectivity index (χ0v) is 12.1. The lowest BCUT2D eigenvalue weighted by atomic mass is 9.98. The second-order valence-corrected chi connectivity index (χ2v) is 5.78. The number of rotatable bonds is 6. The molecule has 1 fully saturated rings. The molecule has 0 spiro atoms. The Hall–Kier alpha value is -2.16. The summed E-state index contributed by atoms with van der Waals surface area (Å²) in [4.78, 5) is 16.2. The van der Waals surface area contributed by atoms with Crippen molar-refractivity contribution in [3.8, 4) is 0 Å². The fraction of sp³-hybridized carbons (Fsp3) is 0.333. The number of hydrogen-bond donors (Lipinski definition) is 1. The predicted octanol–water partition coefficient (Wildman–Crippen LogP) is 2.86. The average Bonchev–Trinajstić information content (AvgIpc) is 3.34. The Balaban J connectivity index is 1.48. The normalized spacial score (nSPS) is 15.4. The maximum absolute atomic E-state index is 12.0. The number of hydrogen-bond acceptors (Lipinski definition) is 2. The number of carbonyl (C=O) groups is 1. The summed E-state index contributed by atoms with van der Waals surface area (Å²) in [6, 6.07) is 14.2. The summed E-state index contributed by atoms with van der Waals surface area (Å²) in [5, 5.41) is 3.09. The van der Waals surface area contributed by atoms with E-state index in [4.69, 9.17) is 0 Å². The molecule has 1 N–H and O–H groups in total. The summed E-state index contributed by atoms with van der Waals surface area (Å²) in [6.45, 7) is 0.728. The van der Waals surface area contributed by atoms with Crippen LogP contribution in [0, 0.1) is 0 Å². The van der Waals surface area contributed by atoms with Gasteiger partial charge < -0.3 is 5.32 Å². The van der Waals surface area contributed by atoms with Crippen molar-refractivity contribution in [2.75, 3.05) is 6.54 Å². The lowest BCUT2D eigenvalue weighted by Crippen LogP contribution is -2.32. The Morgan fingerprint density at radius 3 is 2.62 bits per heavy atom. The number of benzene rings is 1. The second kappa shape index (κ2) is 6.08. The second-order valence-electron chi connectivity index (χ2n) is 5.78. The number of aromatic nitrogens is 1. The van der Waals surface area contributed by atoms with Gasteiger partial charge in [-0.3, -0.25) is 9.78 Å². The molecule has 0 radical (unpaired) electrons. The van der Waals surface area contributed by atoms with Gasteiger partial charge in [0.05, 0.1) is 0 Å². The minimum absolute atomic E-state index is 0.133. The SMILES string of the molecule is O=C(CCc1ccccc1)NCC1(c2cccnc2)CC1. The van der Waals surface area contributed by atoms with Gasteiger partial charge in [-0.25, -0.2) is 0 Å². The smallest absolute Gasteiger partial charge is 0.220 e. The van der Waals surface area contributed by atoms with Crippen LogP contribution in [0.15, 0.2) is 54.9 Å². The van der Waals surface area contributed by atoms with E-state index in [1.165, 1.54) is 11.1 Å². The third kappa shape index (κ3) is 3.48. The summed E-state index contributed by atoms with van der Waals surface area (Å²) < 4.78 is 0. The van der Waals surface area contributed by atoms with Crippen LogP contribution in [0.2, 0.25) is 0 Å². The van der Waals surface area contributed by atoms with E-state index in [-0.39, 0.29) is 11.3 Å². The topological polar surface area (TPSA) is 42.0 Å². The van der Waals surface area contributed by atoms with E-state index in [0.29, 0.717) is 6.42 Å². The Labute approximate surface area is 125 Å². The molecule has 1 aliphatic rings. The maximum atomic E-state index is 12.0. The molecule has 0 bridgehead atoms. The molecule has 0 saturated heterocycles. The van der Waals surface area contributed by atoms with Crippen molar-refractivity contribution in [3.63, 3.8) is 0 Å². The molecule has 3 rings (SSSR count). The summed E-state index contributed by atoms with van der Waals surface area (Å²) in [5.41, 5.74) is 2.59. The zero-order valence-electron chi connectivity index (χ0n) is 12.1. The highest BCUT2D eigenvalue weighted by Gasteiger charge is 2.44. The van der Waals surface area contributed by atoms with Crippen LogP contribution in [-0.2, 0) is 16.6 Å². The Kier molecular flexibility index (Phi) is 4.00. The Morgan fingerprint density at radius 2 is 1.95 bits per heavy atom. The molecule has 21 heavy (non-hydrogen) atoms. The first-order chi connectivity index (χ1) is 10.3. The van der Waals surface area contributed by atoms with Crippen molar-refractivity contribution in [1.29, 1.82) is 0 Å². The van der Waals surface area contributed by atoms with Crippen LogP contribution in [0.4, 0.5) is 0 Å². The highest BCUT2D eigenvalue weighted by molar-refractivity contribution is 5.76. The number of carbonyl (C=O) groups excluding carboxylic acids is 1. The van der Waals surface area contributed by atoms with Gasteiger partial charge in [0.1, 0.15) is 0 Å². The number of nitrogens with zero attached hydrogens (tertiary/aromatic N) is 1. The minimum Gasteiger partial charge on any atom is -0.355 e. The lowest BCUT2D eigenvalue weighted by molar-refractivity contribution is -0.121. The molecule has 1 aromatic heterocycles. The van der Waals surface area contributed by atoms with E-state index in [1.807, 2.05) is 30.5 Å². The molecule has 0 unspecified atom stereocenters. The molecule has 1 aromatic carbocycles. The Bertz CT molecular complexity index is 591. The molecule has 1 saturated carbocycles. The highest BCUT2D eigenvalue weighted by Crippen LogP contribution is 2.47. The molecule has 108 valence electrons. The van der Waals surface area contributed by atoms with Crippen molar-refractivity contribution in [2.45, 2.75) is 31.1 Å². The van der Waals surface area contributed by atoms with Crippen molar-refractivity contribution in [1.82, 2.24) is 10.3 Å². The Morgan fingerprint density at radius 1 is 1.14 bits per heavy atom. The van der Waals surface area contributed by atoms with E-state index in [1.54, 1.807) is 6.20 Å². The quantitative estimate of drug-likeness (QED) is 0.884. The lowest BCUT2D eigenvalue weighted by Gasteiger charge is -2.16. The van der Waals surface area contributed by atoms with Crippen molar-refractivity contribution < 1.29 is 4.79 Å². The van der Waals surface area contributed by atoms with E-state index in [2.05, 4.69) is 28.5 Å². The molecular formula is C18H20N2O. The van der Waals surface area contributed by atoms with Gasteiger partial charge in [0, 0.05) is 30.8 Å². The first kappa shape index (κ1) is 13.8. The van der Waals surface area contributed by atoms with Gasteiger partial charge >= 0.3 is 0 Å². The van der Waals surface area contributed by atoms with Gasteiger partial charge in [0.15, 0.2) is 0 Å². The van der Waals surface area contributed by atoms with Gasteiger partial charge in [0.2, 0.25) is 5.91 Å². The number of nitrogens with one attached hydrogen (secondary N) is 1. The van der Waals surface area contributed by atoms with E-state index in [9.17, 15) is 4.79 Å². The van der Waals surface area contributed by atoms with Crippen molar-refractivity contribution in [2.24, 2.45) is 0 Å². The molecule has 1 heterocycles. The van der Waals surface area contributed by atoms with Crippen LogP contribution in [0.25, 0.3) is 0 Å². The fourth-order valence-corrected chi connectivity index (χ4v) is 2.65. The largest absolute Gasteiger partial charge is 0.355 e. The zero-order chi connectivity index (χ0) is 14.5. The highest BCUT2D eigenvalue weighted by atomic mass is 16.1. The summed E-state index contributed by atoms with van der Waals surface area (Å²) in [6.07, 6.45) is 7.33. The van der Waals surface area contributed by atoms with Crippen LogP contribution in [0.1, 0.15) is 30.4 Å². The molecule has 0 atom stereocenters. The van der Waals surface area contributed by atoms with E-state index in [0.717, 1.165) is 25.8 Å². The molecule has 1 aliphatic carbocycles. The third-order valence-corrected chi connectivity index (χ3v) is 4.23. The van der Waals surface area contributed by atoms with Crippen LogP contribution >= 0.6 is 0 Å². The molecule has 3 heteroatoms. The van der Waals surface area contributed by atoms with Crippen molar-refractivity contribution >= 4 is 5.91 Å². The molecule has 2 aromatic rings. The third-order valence-electron chi connectivity index (χ3n) is 4.23. The number of pyridine rings is 1. The fourth-order valence-electron chi connectivity index (χ4n) is 2.65. The van der Waals surface area contributed by atoms with Gasteiger partial charge in [-0.1, -0.05) is 36.4 Å². The first-order valence-electron chi connectivity index (χ1n) is 7.50. The predicted molar refractivity (Wildman–Crippen MR) is 82.9 cm³/mol. The summed E-state index contributed by atoms with van der Waals surface area (Å²) >= 11 is 0. The van der Waals surface area contributed by atoms with E-state index >= 15 is 0 Å².